The van der Waals surface area contributed by atoms with Crippen molar-refractivity contribution < 1.29 is 0 Å². The van der Waals surface area contributed by atoms with E-state index in [1.165, 1.54) is 0 Å². The first-order valence-electron chi connectivity index (χ1n) is 5.40. The third-order valence-corrected chi connectivity index (χ3v) is 4.11. The van der Waals surface area contributed by atoms with Crippen LogP contribution < -0.4 is 5.32 Å². The highest BCUT2D eigenvalue weighted by Gasteiger charge is 2.11. The SMILES string of the molecule is CNc1cc(-c2cscc2Br)nc(C(C)C)n1. The van der Waals surface area contributed by atoms with E-state index in [4.69, 9.17) is 0 Å². The van der Waals surface area contributed by atoms with Crippen molar-refractivity contribution >= 4 is 33.1 Å². The van der Waals surface area contributed by atoms with Gasteiger partial charge in [0.25, 0.3) is 0 Å². The number of nitrogens with zero attached hydrogens (tertiary/aromatic N) is 2. The molecule has 90 valence electrons. The Hall–Kier alpha value is -0.940. The fraction of sp³-hybridized carbons (Fsp3) is 0.333. The van der Waals surface area contributed by atoms with Crippen LogP contribution in [0.15, 0.2) is 21.3 Å². The number of anilines is 1. The molecule has 0 amide bonds. The summed E-state index contributed by atoms with van der Waals surface area (Å²) in [6, 6.07) is 1.97. The molecule has 0 bridgehead atoms. The van der Waals surface area contributed by atoms with Crippen molar-refractivity contribution in [2.75, 3.05) is 12.4 Å². The number of thiophene rings is 1. The normalized spacial score (nSPS) is 10.9. The zero-order chi connectivity index (χ0) is 12.4. The molecule has 0 aliphatic heterocycles. The van der Waals surface area contributed by atoms with Gasteiger partial charge in [-0.3, -0.25) is 0 Å². The van der Waals surface area contributed by atoms with Gasteiger partial charge >= 0.3 is 0 Å². The summed E-state index contributed by atoms with van der Waals surface area (Å²) in [7, 11) is 1.87. The molecule has 2 aromatic heterocycles. The number of rotatable bonds is 3. The molecule has 0 atom stereocenters. The van der Waals surface area contributed by atoms with Gasteiger partial charge in [-0.1, -0.05) is 13.8 Å². The largest absolute Gasteiger partial charge is 0.373 e. The van der Waals surface area contributed by atoms with E-state index >= 15 is 0 Å². The van der Waals surface area contributed by atoms with Gasteiger partial charge in [0.1, 0.15) is 11.6 Å². The zero-order valence-corrected chi connectivity index (χ0v) is 12.4. The second-order valence-electron chi connectivity index (χ2n) is 4.03. The first-order valence-corrected chi connectivity index (χ1v) is 7.14. The van der Waals surface area contributed by atoms with Crippen LogP contribution in [0.2, 0.25) is 0 Å². The van der Waals surface area contributed by atoms with E-state index in [0.29, 0.717) is 5.92 Å². The summed E-state index contributed by atoms with van der Waals surface area (Å²) < 4.78 is 1.08. The summed E-state index contributed by atoms with van der Waals surface area (Å²) in [5, 5.41) is 7.24. The summed E-state index contributed by atoms with van der Waals surface area (Å²) in [6.45, 7) is 4.20. The van der Waals surface area contributed by atoms with E-state index < -0.39 is 0 Å². The van der Waals surface area contributed by atoms with E-state index in [9.17, 15) is 0 Å². The Kier molecular flexibility index (Phi) is 3.79. The molecule has 2 aromatic rings. The van der Waals surface area contributed by atoms with Gasteiger partial charge in [-0.15, -0.1) is 0 Å². The van der Waals surface area contributed by atoms with Crippen molar-refractivity contribution in [2.24, 2.45) is 0 Å². The lowest BCUT2D eigenvalue weighted by molar-refractivity contribution is 0.777. The molecule has 5 heteroatoms. The molecule has 0 spiro atoms. The van der Waals surface area contributed by atoms with Gasteiger partial charge in [0.2, 0.25) is 0 Å². The van der Waals surface area contributed by atoms with Crippen molar-refractivity contribution in [3.8, 4) is 11.3 Å². The van der Waals surface area contributed by atoms with Gasteiger partial charge < -0.3 is 5.32 Å². The fourth-order valence-corrected chi connectivity index (χ4v) is 2.95. The van der Waals surface area contributed by atoms with Crippen molar-refractivity contribution in [1.29, 1.82) is 0 Å². The van der Waals surface area contributed by atoms with E-state index in [1.807, 2.05) is 13.1 Å². The summed E-state index contributed by atoms with van der Waals surface area (Å²) >= 11 is 5.20. The molecule has 0 saturated heterocycles. The van der Waals surface area contributed by atoms with Crippen LogP contribution in [0.1, 0.15) is 25.6 Å². The molecule has 0 saturated carbocycles. The lowest BCUT2D eigenvalue weighted by atomic mass is 10.2. The van der Waals surface area contributed by atoms with Gasteiger partial charge in [-0.25, -0.2) is 9.97 Å². The van der Waals surface area contributed by atoms with Crippen molar-refractivity contribution in [2.45, 2.75) is 19.8 Å². The van der Waals surface area contributed by atoms with Crippen LogP contribution in [0.4, 0.5) is 5.82 Å². The molecule has 0 unspecified atom stereocenters. The Bertz CT molecular complexity index is 522. The quantitative estimate of drug-likeness (QED) is 0.926. The second kappa shape index (κ2) is 5.14. The molecular weight excluding hydrogens is 298 g/mol. The fourth-order valence-electron chi connectivity index (χ4n) is 1.45. The molecule has 2 heterocycles. The molecular formula is C12H14BrN3S. The number of hydrogen-bond acceptors (Lipinski definition) is 4. The van der Waals surface area contributed by atoms with Crippen LogP contribution >= 0.6 is 27.3 Å². The van der Waals surface area contributed by atoms with Gasteiger partial charge in [0.05, 0.1) is 5.69 Å². The molecule has 0 radical (unpaired) electrons. The van der Waals surface area contributed by atoms with Crippen LogP contribution in [0.25, 0.3) is 11.3 Å². The van der Waals surface area contributed by atoms with Gasteiger partial charge in [0.15, 0.2) is 0 Å². The number of hydrogen-bond donors (Lipinski definition) is 1. The molecule has 17 heavy (non-hydrogen) atoms. The Morgan fingerprint density at radius 1 is 1.29 bits per heavy atom. The molecule has 1 N–H and O–H groups in total. The molecule has 3 nitrogen and oxygen atoms in total. The maximum Gasteiger partial charge on any atom is 0.133 e. The van der Waals surface area contributed by atoms with E-state index in [0.717, 1.165) is 27.4 Å². The van der Waals surface area contributed by atoms with Gasteiger partial charge in [-0.05, 0) is 15.9 Å². The summed E-state index contributed by atoms with van der Waals surface area (Å²) in [5.74, 6) is 2.04. The molecule has 2 rings (SSSR count). The van der Waals surface area contributed by atoms with Crippen molar-refractivity contribution in [1.82, 2.24) is 9.97 Å². The number of nitrogens with one attached hydrogen (secondary N) is 1. The molecule has 0 fully saturated rings. The second-order valence-corrected chi connectivity index (χ2v) is 5.63. The van der Waals surface area contributed by atoms with Crippen LogP contribution in [-0.4, -0.2) is 17.0 Å². The number of halogens is 1. The van der Waals surface area contributed by atoms with Crippen LogP contribution in [0, 0.1) is 0 Å². The summed E-state index contributed by atoms with van der Waals surface area (Å²) in [6.07, 6.45) is 0. The minimum absolute atomic E-state index is 0.319. The van der Waals surface area contributed by atoms with E-state index in [-0.39, 0.29) is 0 Å². The Morgan fingerprint density at radius 3 is 2.59 bits per heavy atom. The summed E-state index contributed by atoms with van der Waals surface area (Å²) in [4.78, 5) is 9.07. The topological polar surface area (TPSA) is 37.8 Å². The molecule has 0 aliphatic carbocycles. The maximum absolute atomic E-state index is 4.61. The van der Waals surface area contributed by atoms with Crippen LogP contribution in [0.3, 0.4) is 0 Å². The minimum atomic E-state index is 0.319. The third kappa shape index (κ3) is 2.66. The van der Waals surface area contributed by atoms with E-state index in [2.05, 4.69) is 55.8 Å². The predicted octanol–water partition coefficient (Wildman–Crippen LogP) is 4.13. The molecule has 0 aromatic carbocycles. The highest BCUT2D eigenvalue weighted by atomic mass is 79.9. The monoisotopic (exact) mass is 311 g/mol. The predicted molar refractivity (Wildman–Crippen MR) is 76.7 cm³/mol. The third-order valence-electron chi connectivity index (χ3n) is 2.41. The highest BCUT2D eigenvalue weighted by molar-refractivity contribution is 9.10. The summed E-state index contributed by atoms with van der Waals surface area (Å²) in [5.41, 5.74) is 2.08. The average molecular weight is 312 g/mol. The lowest BCUT2D eigenvalue weighted by Crippen LogP contribution is -2.03. The smallest absolute Gasteiger partial charge is 0.133 e. The van der Waals surface area contributed by atoms with Crippen LogP contribution in [0.5, 0.6) is 0 Å². The average Bonchev–Trinajstić information content (AvgIpc) is 2.74. The standard InChI is InChI=1S/C12H14BrN3S/c1-7(2)12-15-10(4-11(14-3)16-12)8-5-17-6-9(8)13/h4-7H,1-3H3,(H,14,15,16). The van der Waals surface area contributed by atoms with Crippen LogP contribution in [-0.2, 0) is 0 Å². The minimum Gasteiger partial charge on any atom is -0.373 e. The van der Waals surface area contributed by atoms with Crippen molar-refractivity contribution in [3.05, 3.63) is 27.1 Å². The Morgan fingerprint density at radius 2 is 2.06 bits per heavy atom. The highest BCUT2D eigenvalue weighted by Crippen LogP contribution is 2.31. The Labute approximate surface area is 113 Å². The first-order chi connectivity index (χ1) is 8.11. The lowest BCUT2D eigenvalue weighted by Gasteiger charge is -2.09. The van der Waals surface area contributed by atoms with Gasteiger partial charge in [0, 0.05) is 39.8 Å². The number of aromatic nitrogens is 2. The maximum atomic E-state index is 4.61. The van der Waals surface area contributed by atoms with Gasteiger partial charge in [-0.2, -0.15) is 11.3 Å². The Balaban J connectivity index is 2.54. The molecule has 0 aliphatic rings. The van der Waals surface area contributed by atoms with E-state index in [1.54, 1.807) is 11.3 Å². The zero-order valence-electron chi connectivity index (χ0n) is 9.99. The van der Waals surface area contributed by atoms with Crippen molar-refractivity contribution in [3.63, 3.8) is 0 Å². The first kappa shape index (κ1) is 12.5.